The van der Waals surface area contributed by atoms with Gasteiger partial charge in [0.2, 0.25) is 5.95 Å². The van der Waals surface area contributed by atoms with Crippen LogP contribution in [-0.2, 0) is 19.5 Å². The Morgan fingerprint density at radius 1 is 1.29 bits per heavy atom. The predicted octanol–water partition coefficient (Wildman–Crippen LogP) is 1.45. The molecule has 0 atom stereocenters. The Balaban J connectivity index is 2.28. The molecule has 17 heavy (non-hydrogen) atoms. The number of aryl methyl sites for hydroxylation is 2. The second kappa shape index (κ2) is 4.87. The topological polar surface area (TPSA) is 74.6 Å². The monoisotopic (exact) mass is 298 g/mol. The maximum atomic E-state index is 5.54. The predicted molar refractivity (Wildman–Crippen MR) is 68.5 cm³/mol. The Kier molecular flexibility index (Phi) is 3.46. The Morgan fingerprint density at radius 3 is 2.59 bits per heavy atom. The van der Waals surface area contributed by atoms with Crippen molar-refractivity contribution in [3.8, 4) is 0 Å². The van der Waals surface area contributed by atoms with Crippen LogP contribution in [0.4, 0.5) is 5.95 Å². The van der Waals surface area contributed by atoms with Crippen molar-refractivity contribution in [2.24, 2.45) is 0 Å². The molecule has 0 amide bonds. The van der Waals surface area contributed by atoms with Crippen molar-refractivity contribution in [2.45, 2.75) is 33.4 Å². The van der Waals surface area contributed by atoms with Gasteiger partial charge in [0.05, 0.1) is 17.9 Å². The van der Waals surface area contributed by atoms with Crippen LogP contribution in [0.15, 0.2) is 10.8 Å². The van der Waals surface area contributed by atoms with Crippen LogP contribution in [-0.4, -0.2) is 24.5 Å². The molecular weight excluding hydrogens is 284 g/mol. The summed E-state index contributed by atoms with van der Waals surface area (Å²) in [5.41, 5.74) is 7.73. The summed E-state index contributed by atoms with van der Waals surface area (Å²) in [5, 5.41) is 8.60. The smallest absolute Gasteiger partial charge is 0.240 e. The number of halogens is 1. The van der Waals surface area contributed by atoms with Crippen molar-refractivity contribution in [3.05, 3.63) is 22.2 Å². The molecule has 0 aromatic carbocycles. The standard InChI is InChI=1S/C10H15BrN6/c1-3-7-5-8(16(4-2)14-7)6-17-9(11)13-10(12)15-17/h5H,3-4,6H2,1-2H3,(H2,12,15). The van der Waals surface area contributed by atoms with Crippen LogP contribution < -0.4 is 5.73 Å². The minimum Gasteiger partial charge on any atom is -0.366 e. The highest BCUT2D eigenvalue weighted by molar-refractivity contribution is 9.10. The van der Waals surface area contributed by atoms with Gasteiger partial charge in [-0.15, -0.1) is 5.10 Å². The first-order chi connectivity index (χ1) is 8.13. The number of aromatic nitrogens is 5. The lowest BCUT2D eigenvalue weighted by atomic mass is 10.3. The van der Waals surface area contributed by atoms with Crippen LogP contribution in [0.25, 0.3) is 0 Å². The summed E-state index contributed by atoms with van der Waals surface area (Å²) in [4.78, 5) is 4.01. The maximum Gasteiger partial charge on any atom is 0.240 e. The zero-order valence-corrected chi connectivity index (χ0v) is 11.5. The first kappa shape index (κ1) is 12.1. The number of rotatable bonds is 4. The molecule has 6 nitrogen and oxygen atoms in total. The number of nitrogens with zero attached hydrogens (tertiary/aromatic N) is 5. The fourth-order valence-corrected chi connectivity index (χ4v) is 2.07. The third-order valence-corrected chi connectivity index (χ3v) is 3.12. The highest BCUT2D eigenvalue weighted by Gasteiger charge is 2.10. The van der Waals surface area contributed by atoms with Gasteiger partial charge in [-0.2, -0.15) is 10.1 Å². The van der Waals surface area contributed by atoms with E-state index in [0.717, 1.165) is 24.4 Å². The van der Waals surface area contributed by atoms with Crippen LogP contribution in [0.2, 0.25) is 0 Å². The molecule has 0 saturated carbocycles. The third-order valence-electron chi connectivity index (χ3n) is 2.53. The first-order valence-corrected chi connectivity index (χ1v) is 6.34. The molecule has 0 spiro atoms. The summed E-state index contributed by atoms with van der Waals surface area (Å²) in [6, 6.07) is 2.09. The van der Waals surface area contributed by atoms with E-state index in [0.29, 0.717) is 11.3 Å². The summed E-state index contributed by atoms with van der Waals surface area (Å²) in [6.07, 6.45) is 0.931. The molecule has 0 bridgehead atoms. The van der Waals surface area contributed by atoms with Crippen molar-refractivity contribution in [1.82, 2.24) is 24.5 Å². The Morgan fingerprint density at radius 2 is 2.06 bits per heavy atom. The van der Waals surface area contributed by atoms with Crippen LogP contribution in [0, 0.1) is 0 Å². The van der Waals surface area contributed by atoms with E-state index >= 15 is 0 Å². The normalized spacial score (nSPS) is 11.0. The van der Waals surface area contributed by atoms with Crippen molar-refractivity contribution in [1.29, 1.82) is 0 Å². The zero-order valence-electron chi connectivity index (χ0n) is 9.89. The van der Waals surface area contributed by atoms with Gasteiger partial charge in [-0.05, 0) is 35.3 Å². The third kappa shape index (κ3) is 2.49. The van der Waals surface area contributed by atoms with Gasteiger partial charge >= 0.3 is 0 Å². The number of hydrogen-bond donors (Lipinski definition) is 1. The van der Waals surface area contributed by atoms with Gasteiger partial charge in [-0.25, -0.2) is 4.68 Å². The molecule has 2 heterocycles. The summed E-state index contributed by atoms with van der Waals surface area (Å²) < 4.78 is 4.33. The summed E-state index contributed by atoms with van der Waals surface area (Å²) in [5.74, 6) is 0.273. The Hall–Kier alpha value is -1.37. The fraction of sp³-hybridized carbons (Fsp3) is 0.500. The number of anilines is 1. The molecule has 0 aliphatic heterocycles. The number of nitrogens with two attached hydrogens (primary N) is 1. The van der Waals surface area contributed by atoms with Gasteiger partial charge in [0.15, 0.2) is 4.73 Å². The lowest BCUT2D eigenvalue weighted by Crippen LogP contribution is -2.09. The van der Waals surface area contributed by atoms with Gasteiger partial charge in [-0.1, -0.05) is 6.92 Å². The summed E-state index contributed by atoms with van der Waals surface area (Å²) >= 11 is 3.32. The second-order valence-electron chi connectivity index (χ2n) is 3.69. The second-order valence-corrected chi connectivity index (χ2v) is 4.40. The summed E-state index contributed by atoms with van der Waals surface area (Å²) in [6.45, 7) is 5.62. The molecule has 2 aromatic heterocycles. The molecule has 0 saturated heterocycles. The molecule has 2 rings (SSSR count). The van der Waals surface area contributed by atoms with E-state index in [1.165, 1.54) is 0 Å². The molecule has 0 aliphatic carbocycles. The number of hydrogen-bond acceptors (Lipinski definition) is 4. The molecule has 2 aromatic rings. The van der Waals surface area contributed by atoms with Gasteiger partial charge < -0.3 is 5.73 Å². The van der Waals surface area contributed by atoms with Crippen LogP contribution in [0.1, 0.15) is 25.2 Å². The quantitative estimate of drug-likeness (QED) is 0.927. The first-order valence-electron chi connectivity index (χ1n) is 5.55. The fourth-order valence-electron chi connectivity index (χ4n) is 1.68. The van der Waals surface area contributed by atoms with Crippen molar-refractivity contribution in [2.75, 3.05) is 5.73 Å². The van der Waals surface area contributed by atoms with E-state index in [-0.39, 0.29) is 5.95 Å². The van der Waals surface area contributed by atoms with Gasteiger partial charge in [-0.3, -0.25) is 4.68 Å². The molecule has 0 unspecified atom stereocenters. The van der Waals surface area contributed by atoms with E-state index in [2.05, 4.69) is 51.0 Å². The SMILES string of the molecule is CCc1cc(Cn2nc(N)nc2Br)n(CC)n1. The summed E-state index contributed by atoms with van der Waals surface area (Å²) in [7, 11) is 0. The van der Waals surface area contributed by atoms with Crippen molar-refractivity contribution in [3.63, 3.8) is 0 Å². The van der Waals surface area contributed by atoms with Crippen molar-refractivity contribution >= 4 is 21.9 Å². The van der Waals surface area contributed by atoms with E-state index in [9.17, 15) is 0 Å². The largest absolute Gasteiger partial charge is 0.366 e. The maximum absolute atomic E-state index is 5.54. The van der Waals surface area contributed by atoms with Crippen LogP contribution in [0.3, 0.4) is 0 Å². The van der Waals surface area contributed by atoms with Gasteiger partial charge in [0.1, 0.15) is 0 Å². The molecule has 0 radical (unpaired) electrons. The molecule has 0 fully saturated rings. The molecule has 92 valence electrons. The van der Waals surface area contributed by atoms with E-state index < -0.39 is 0 Å². The van der Waals surface area contributed by atoms with E-state index in [4.69, 9.17) is 5.73 Å². The molecule has 7 heteroatoms. The minimum absolute atomic E-state index is 0.273. The van der Waals surface area contributed by atoms with E-state index in [1.807, 2.05) is 4.68 Å². The Bertz CT molecular complexity index is 515. The average molecular weight is 299 g/mol. The minimum atomic E-state index is 0.273. The molecule has 2 N–H and O–H groups in total. The molecule has 0 aliphatic rings. The molecular formula is C10H15BrN6. The zero-order chi connectivity index (χ0) is 12.4. The highest BCUT2D eigenvalue weighted by Crippen LogP contribution is 2.12. The Labute approximate surface area is 108 Å². The highest BCUT2D eigenvalue weighted by atomic mass is 79.9. The number of nitrogen functional groups attached to an aromatic ring is 1. The lowest BCUT2D eigenvalue weighted by Gasteiger charge is -2.04. The average Bonchev–Trinajstić information content (AvgIpc) is 2.83. The lowest BCUT2D eigenvalue weighted by molar-refractivity contribution is 0.568. The van der Waals surface area contributed by atoms with Crippen molar-refractivity contribution < 1.29 is 0 Å². The van der Waals surface area contributed by atoms with Crippen LogP contribution in [0.5, 0.6) is 0 Å². The van der Waals surface area contributed by atoms with Gasteiger partial charge in [0, 0.05) is 6.54 Å². The van der Waals surface area contributed by atoms with E-state index in [1.54, 1.807) is 4.68 Å². The van der Waals surface area contributed by atoms with Gasteiger partial charge in [0.25, 0.3) is 0 Å². The van der Waals surface area contributed by atoms with Crippen LogP contribution >= 0.6 is 15.9 Å².